The Kier molecular flexibility index (Phi) is 7.68. The van der Waals surface area contributed by atoms with Gasteiger partial charge in [0.05, 0.1) is 17.7 Å². The molecule has 4 aromatic rings. The minimum atomic E-state index is -0.593. The molecule has 0 bridgehead atoms. The monoisotopic (exact) mass is 606 g/mol. The molecule has 7 nitrogen and oxygen atoms in total. The number of nitrogens with zero attached hydrogens (tertiary/aromatic N) is 4. The lowest BCUT2D eigenvalue weighted by molar-refractivity contribution is 0.0799. The summed E-state index contributed by atoms with van der Waals surface area (Å²) >= 11 is 6.89. The van der Waals surface area contributed by atoms with E-state index in [4.69, 9.17) is 21.3 Å². The zero-order chi connectivity index (χ0) is 30.7. The Bertz CT molecular complexity index is 1690. The van der Waals surface area contributed by atoms with Crippen LogP contribution in [0.1, 0.15) is 40.0 Å². The lowest BCUT2D eigenvalue weighted by atomic mass is 9.76. The van der Waals surface area contributed by atoms with Gasteiger partial charge >= 0.3 is 6.01 Å². The number of aliphatic hydroxyl groups excluding tert-OH is 1. The highest BCUT2D eigenvalue weighted by molar-refractivity contribution is 6.35. The van der Waals surface area contributed by atoms with E-state index in [1.54, 1.807) is 12.1 Å². The van der Waals surface area contributed by atoms with Crippen LogP contribution in [0.2, 0.25) is 5.02 Å². The van der Waals surface area contributed by atoms with Gasteiger partial charge in [0.1, 0.15) is 17.1 Å². The highest BCUT2D eigenvalue weighted by Gasteiger charge is 2.44. The Labute approximate surface area is 257 Å². The molecule has 228 valence electrons. The van der Waals surface area contributed by atoms with E-state index in [9.17, 15) is 10.2 Å². The second-order valence-corrected chi connectivity index (χ2v) is 14.2. The van der Waals surface area contributed by atoms with Gasteiger partial charge in [-0.2, -0.15) is 9.97 Å². The number of hydrogen-bond acceptors (Lipinski definition) is 7. The summed E-state index contributed by atoms with van der Waals surface area (Å²) in [6.45, 7) is 8.73. The third kappa shape index (κ3) is 5.97. The zero-order valence-electron chi connectivity index (χ0n) is 25.5. The summed E-state index contributed by atoms with van der Waals surface area (Å²) in [7, 11) is 4.10. The number of phenols is 1. The molecule has 1 saturated heterocycles. The predicted molar refractivity (Wildman–Crippen MR) is 171 cm³/mol. The number of aromatic nitrogens is 2. The number of fused-ring (bicyclic) bond motifs is 2. The Balaban J connectivity index is 1.52. The van der Waals surface area contributed by atoms with E-state index in [-0.39, 0.29) is 44.6 Å². The molecule has 1 aliphatic heterocycles. The Morgan fingerprint density at radius 2 is 1.88 bits per heavy atom. The van der Waals surface area contributed by atoms with Crippen molar-refractivity contribution >= 4 is 39.1 Å². The molecular weight excluding hydrogens is 567 g/mol. The summed E-state index contributed by atoms with van der Waals surface area (Å²) in [4.78, 5) is 13.8. The number of aliphatic hydroxyl groups is 1. The number of piperidine rings is 1. The van der Waals surface area contributed by atoms with E-state index in [0.717, 1.165) is 36.6 Å². The van der Waals surface area contributed by atoms with Crippen LogP contribution in [0, 0.1) is 22.6 Å². The van der Waals surface area contributed by atoms with E-state index in [2.05, 4.69) is 28.6 Å². The number of halogens is 2. The average molecular weight is 607 g/mol. The van der Waals surface area contributed by atoms with Crippen LogP contribution in [-0.4, -0.2) is 71.5 Å². The molecule has 0 spiro atoms. The fraction of sp³-hybridized carbons (Fsp3) is 0.471. The van der Waals surface area contributed by atoms with Crippen LogP contribution in [0.15, 0.2) is 42.5 Å². The fourth-order valence-corrected chi connectivity index (χ4v) is 7.11. The van der Waals surface area contributed by atoms with Crippen molar-refractivity contribution in [2.45, 2.75) is 46.1 Å². The van der Waals surface area contributed by atoms with Crippen LogP contribution in [0.5, 0.6) is 11.8 Å². The first-order valence-corrected chi connectivity index (χ1v) is 15.3. The van der Waals surface area contributed by atoms with Gasteiger partial charge < -0.3 is 24.7 Å². The first-order chi connectivity index (χ1) is 20.3. The molecule has 1 aromatic heterocycles. The number of rotatable bonds is 8. The number of ether oxygens (including phenoxy) is 1. The van der Waals surface area contributed by atoms with E-state index >= 15 is 4.39 Å². The maximum atomic E-state index is 16.8. The fourth-order valence-electron chi connectivity index (χ4n) is 6.82. The van der Waals surface area contributed by atoms with Crippen LogP contribution in [0.3, 0.4) is 0 Å². The number of phenolic OH excluding ortho intramolecular Hbond substituents is 1. The molecule has 3 aromatic carbocycles. The lowest BCUT2D eigenvalue weighted by Gasteiger charge is -2.44. The molecule has 9 heteroatoms. The zero-order valence-corrected chi connectivity index (χ0v) is 26.2. The van der Waals surface area contributed by atoms with Crippen LogP contribution >= 0.6 is 11.6 Å². The smallest absolute Gasteiger partial charge is 0.319 e. The molecule has 0 amide bonds. The van der Waals surface area contributed by atoms with Gasteiger partial charge in [-0.25, -0.2) is 4.39 Å². The molecule has 1 saturated carbocycles. The molecule has 0 unspecified atom stereocenters. The molecule has 2 aliphatic rings. The standard InChI is InChI=1S/C34H40ClFN4O3/c1-20(41)22-15-33(2,3)17-40(16-22)31-26-14-27(35)28(25-13-23(42)12-21-8-6-7-9-24(21)25)29(36)30(26)37-32(38-31)43-19-34(10-11-34)18-39(4)5/h6-9,12-14,20,22,41-42H,10-11,15-19H2,1-5H3/t20-,22+/m0/s1. The quantitative estimate of drug-likeness (QED) is 0.226. The van der Waals surface area contributed by atoms with E-state index in [0.29, 0.717) is 36.5 Å². The molecule has 6 rings (SSSR count). The van der Waals surface area contributed by atoms with Gasteiger partial charge in [0, 0.05) is 41.9 Å². The predicted octanol–water partition coefficient (Wildman–Crippen LogP) is 6.90. The minimum Gasteiger partial charge on any atom is -0.508 e. The van der Waals surface area contributed by atoms with E-state index in [1.165, 1.54) is 6.07 Å². The number of benzene rings is 3. The van der Waals surface area contributed by atoms with Crippen molar-refractivity contribution in [2.24, 2.45) is 16.7 Å². The summed E-state index contributed by atoms with van der Waals surface area (Å²) in [5, 5.41) is 23.3. The van der Waals surface area contributed by atoms with Crippen molar-refractivity contribution in [1.82, 2.24) is 14.9 Å². The summed E-state index contributed by atoms with van der Waals surface area (Å²) < 4.78 is 23.1. The van der Waals surface area contributed by atoms with Gasteiger partial charge in [0.15, 0.2) is 5.82 Å². The average Bonchev–Trinajstić information content (AvgIpc) is 3.69. The third-order valence-corrected chi connectivity index (χ3v) is 9.24. The first-order valence-electron chi connectivity index (χ1n) is 15.0. The van der Waals surface area contributed by atoms with Crippen LogP contribution in [0.25, 0.3) is 32.8 Å². The topological polar surface area (TPSA) is 82.0 Å². The van der Waals surface area contributed by atoms with Crippen molar-refractivity contribution in [3.63, 3.8) is 0 Å². The molecule has 2 N–H and O–H groups in total. The third-order valence-electron chi connectivity index (χ3n) is 8.94. The minimum absolute atomic E-state index is 0.0196. The van der Waals surface area contributed by atoms with Crippen LogP contribution in [-0.2, 0) is 0 Å². The van der Waals surface area contributed by atoms with Crippen LogP contribution in [0.4, 0.5) is 10.2 Å². The summed E-state index contributed by atoms with van der Waals surface area (Å²) in [6, 6.07) is 12.5. The molecule has 2 heterocycles. The van der Waals surface area contributed by atoms with E-state index < -0.39 is 11.9 Å². The van der Waals surface area contributed by atoms with Gasteiger partial charge in [0.2, 0.25) is 0 Å². The Morgan fingerprint density at radius 1 is 1.14 bits per heavy atom. The molecule has 2 atom stereocenters. The summed E-state index contributed by atoms with van der Waals surface area (Å²) in [5.74, 6) is -0.00766. The Hall–Kier alpha value is -3.20. The van der Waals surface area contributed by atoms with Crippen molar-refractivity contribution in [3.8, 4) is 22.9 Å². The van der Waals surface area contributed by atoms with Gasteiger partial charge in [0.25, 0.3) is 0 Å². The number of hydrogen-bond donors (Lipinski definition) is 2. The van der Waals surface area contributed by atoms with Gasteiger partial charge in [-0.1, -0.05) is 49.7 Å². The van der Waals surface area contributed by atoms with Gasteiger partial charge in [-0.3, -0.25) is 0 Å². The highest BCUT2D eigenvalue weighted by Crippen LogP contribution is 2.47. The van der Waals surface area contributed by atoms with E-state index in [1.807, 2.05) is 45.3 Å². The number of anilines is 1. The second-order valence-electron chi connectivity index (χ2n) is 13.8. The first kappa shape index (κ1) is 29.9. The molecule has 43 heavy (non-hydrogen) atoms. The molecular formula is C34H40ClFN4O3. The highest BCUT2D eigenvalue weighted by atomic mass is 35.5. The normalized spacial score (nSPS) is 20.1. The molecule has 1 aliphatic carbocycles. The second kappa shape index (κ2) is 11.1. The molecule has 0 radical (unpaired) electrons. The maximum Gasteiger partial charge on any atom is 0.319 e. The largest absolute Gasteiger partial charge is 0.508 e. The van der Waals surface area contributed by atoms with Crippen molar-refractivity contribution < 1.29 is 19.3 Å². The van der Waals surface area contributed by atoms with Crippen molar-refractivity contribution in [2.75, 3.05) is 45.2 Å². The summed E-state index contributed by atoms with van der Waals surface area (Å²) in [5.41, 5.74) is 0.700. The number of aromatic hydroxyl groups is 1. The van der Waals surface area contributed by atoms with Crippen LogP contribution < -0.4 is 9.64 Å². The summed E-state index contributed by atoms with van der Waals surface area (Å²) in [6.07, 6.45) is 2.48. The Morgan fingerprint density at radius 3 is 2.58 bits per heavy atom. The van der Waals surface area contributed by atoms with Crippen molar-refractivity contribution in [3.05, 3.63) is 53.3 Å². The van der Waals surface area contributed by atoms with Crippen molar-refractivity contribution in [1.29, 1.82) is 0 Å². The lowest BCUT2D eigenvalue weighted by Crippen LogP contribution is -2.48. The maximum absolute atomic E-state index is 16.8. The van der Waals surface area contributed by atoms with Gasteiger partial charge in [-0.05, 0) is 80.2 Å². The molecule has 2 fully saturated rings. The SMILES string of the molecule is C[C@H](O)[C@H]1CN(c2nc(OCC3(CN(C)C)CC3)nc3c(F)c(-c4cc(O)cc5ccccc45)c(Cl)cc23)CC(C)(C)C1. The van der Waals surface area contributed by atoms with Gasteiger partial charge in [-0.15, -0.1) is 0 Å².